The Labute approximate surface area is 62.0 Å². The lowest BCUT2D eigenvalue weighted by atomic mass is 10.2. The van der Waals surface area contributed by atoms with Crippen LogP contribution in [0.1, 0.15) is 0 Å². The van der Waals surface area contributed by atoms with Gasteiger partial charge in [0.15, 0.2) is 0 Å². The fraction of sp³-hybridized carbons (Fsp3) is 0.167. The largest absolute Gasteiger partial charge is 0.478 e. The quantitative estimate of drug-likeness (QED) is 0.417. The van der Waals surface area contributed by atoms with Gasteiger partial charge >= 0.3 is 5.97 Å². The highest BCUT2D eigenvalue weighted by Gasteiger charge is 2.10. The first-order chi connectivity index (χ1) is 4.09. The van der Waals surface area contributed by atoms with E-state index in [1.165, 1.54) is 6.08 Å². The summed E-state index contributed by atoms with van der Waals surface area (Å²) in [6.45, 7) is 6.70. The highest BCUT2D eigenvalue weighted by atomic mass is 79.9. The first-order valence-corrected chi connectivity index (χ1v) is 3.20. The minimum Gasteiger partial charge on any atom is -0.478 e. The third-order valence-electron chi connectivity index (χ3n) is 0.815. The average molecular weight is 191 g/mol. The molecule has 0 amide bonds. The van der Waals surface area contributed by atoms with E-state index in [9.17, 15) is 4.79 Å². The monoisotopic (exact) mass is 190 g/mol. The van der Waals surface area contributed by atoms with Gasteiger partial charge in [-0.05, 0) is 0 Å². The standard InChI is InChI=1S/C6H7BrO2/c1-3-5(7)4(2)6(8)9/h3,5H,1-2H2,(H,8,9). The molecular weight excluding hydrogens is 184 g/mol. The fourth-order valence-corrected chi connectivity index (χ4v) is 0.456. The Bertz CT molecular complexity index is 151. The van der Waals surface area contributed by atoms with E-state index in [1.54, 1.807) is 0 Å². The molecule has 0 aromatic carbocycles. The Morgan fingerprint density at radius 2 is 2.22 bits per heavy atom. The topological polar surface area (TPSA) is 37.3 Å². The van der Waals surface area contributed by atoms with Crippen LogP contribution in [0.2, 0.25) is 0 Å². The second-order valence-corrected chi connectivity index (χ2v) is 2.45. The smallest absolute Gasteiger partial charge is 0.332 e. The van der Waals surface area contributed by atoms with Crippen molar-refractivity contribution in [2.75, 3.05) is 0 Å². The van der Waals surface area contributed by atoms with Crippen molar-refractivity contribution in [3.05, 3.63) is 24.8 Å². The van der Waals surface area contributed by atoms with Crippen LogP contribution in [0.5, 0.6) is 0 Å². The minimum atomic E-state index is -1.00. The van der Waals surface area contributed by atoms with E-state index in [0.29, 0.717) is 0 Å². The van der Waals surface area contributed by atoms with E-state index in [2.05, 4.69) is 29.1 Å². The highest BCUT2D eigenvalue weighted by molar-refractivity contribution is 9.09. The molecule has 0 fully saturated rings. The van der Waals surface area contributed by atoms with Crippen molar-refractivity contribution in [1.29, 1.82) is 0 Å². The van der Waals surface area contributed by atoms with Gasteiger partial charge in [0.2, 0.25) is 0 Å². The van der Waals surface area contributed by atoms with Crippen molar-refractivity contribution in [1.82, 2.24) is 0 Å². The zero-order valence-electron chi connectivity index (χ0n) is 4.80. The van der Waals surface area contributed by atoms with Crippen LogP contribution < -0.4 is 0 Å². The molecule has 0 aromatic rings. The normalized spacial score (nSPS) is 12.1. The lowest BCUT2D eigenvalue weighted by molar-refractivity contribution is -0.132. The van der Waals surface area contributed by atoms with Gasteiger partial charge in [-0.15, -0.1) is 6.58 Å². The van der Waals surface area contributed by atoms with Crippen LogP contribution in [0.4, 0.5) is 0 Å². The van der Waals surface area contributed by atoms with Gasteiger partial charge in [0.1, 0.15) is 0 Å². The van der Waals surface area contributed by atoms with E-state index < -0.39 is 5.97 Å². The maximum Gasteiger partial charge on any atom is 0.332 e. The van der Waals surface area contributed by atoms with Crippen molar-refractivity contribution in [2.24, 2.45) is 0 Å². The zero-order valence-corrected chi connectivity index (χ0v) is 6.39. The van der Waals surface area contributed by atoms with Crippen LogP contribution in [-0.4, -0.2) is 15.9 Å². The lowest BCUT2D eigenvalue weighted by Gasteiger charge is -2.00. The SMILES string of the molecule is C=CC(Br)C(=C)C(=O)O. The number of alkyl halides is 1. The lowest BCUT2D eigenvalue weighted by Crippen LogP contribution is -2.07. The Kier molecular flexibility index (Phi) is 3.24. The molecule has 0 saturated heterocycles. The first-order valence-electron chi connectivity index (χ1n) is 2.28. The maximum atomic E-state index is 10.1. The van der Waals surface area contributed by atoms with E-state index in [-0.39, 0.29) is 10.4 Å². The van der Waals surface area contributed by atoms with E-state index >= 15 is 0 Å². The highest BCUT2D eigenvalue weighted by Crippen LogP contribution is 2.10. The summed E-state index contributed by atoms with van der Waals surface area (Å²) < 4.78 is 0. The van der Waals surface area contributed by atoms with Crippen molar-refractivity contribution in [3.8, 4) is 0 Å². The van der Waals surface area contributed by atoms with Gasteiger partial charge in [-0.2, -0.15) is 0 Å². The molecule has 9 heavy (non-hydrogen) atoms. The number of carboxylic acid groups (broad SMARTS) is 1. The molecule has 2 nitrogen and oxygen atoms in total. The number of aliphatic carboxylic acids is 1. The summed E-state index contributed by atoms with van der Waals surface area (Å²) in [5, 5.41) is 8.31. The predicted octanol–water partition coefficient (Wildman–Crippen LogP) is 1.58. The molecule has 0 spiro atoms. The van der Waals surface area contributed by atoms with Gasteiger partial charge in [0.05, 0.1) is 4.83 Å². The van der Waals surface area contributed by atoms with E-state index in [0.717, 1.165) is 0 Å². The summed E-state index contributed by atoms with van der Waals surface area (Å²) in [5.74, 6) is -1.00. The van der Waals surface area contributed by atoms with Crippen LogP contribution in [0.3, 0.4) is 0 Å². The van der Waals surface area contributed by atoms with Crippen molar-refractivity contribution in [3.63, 3.8) is 0 Å². The molecule has 50 valence electrons. The second-order valence-electron chi connectivity index (χ2n) is 1.47. The van der Waals surface area contributed by atoms with Gasteiger partial charge in [0, 0.05) is 5.57 Å². The molecule has 1 unspecified atom stereocenters. The molecular formula is C6H7BrO2. The number of halogens is 1. The molecule has 0 rings (SSSR count). The summed E-state index contributed by atoms with van der Waals surface area (Å²) in [6.07, 6.45) is 1.47. The fourth-order valence-electron chi connectivity index (χ4n) is 0.260. The zero-order chi connectivity index (χ0) is 7.44. The molecule has 0 aliphatic rings. The minimum absolute atomic E-state index is 0.102. The van der Waals surface area contributed by atoms with Gasteiger partial charge < -0.3 is 5.11 Å². The molecule has 0 bridgehead atoms. The first kappa shape index (κ1) is 8.43. The van der Waals surface area contributed by atoms with Crippen LogP contribution in [0.15, 0.2) is 24.8 Å². The third kappa shape index (κ3) is 2.46. The van der Waals surface area contributed by atoms with Gasteiger partial charge in [-0.3, -0.25) is 0 Å². The molecule has 0 heterocycles. The Hall–Kier alpha value is -0.570. The molecule has 0 aromatic heterocycles. The summed E-state index contributed by atoms with van der Waals surface area (Å²) in [6, 6.07) is 0. The van der Waals surface area contributed by atoms with Crippen molar-refractivity contribution >= 4 is 21.9 Å². The van der Waals surface area contributed by atoms with Gasteiger partial charge in [0.25, 0.3) is 0 Å². The van der Waals surface area contributed by atoms with Gasteiger partial charge in [-0.25, -0.2) is 4.79 Å². The molecule has 1 atom stereocenters. The number of hydrogen-bond donors (Lipinski definition) is 1. The number of carbonyl (C=O) groups is 1. The summed E-state index contributed by atoms with van der Waals surface area (Å²) in [4.78, 5) is 9.80. The van der Waals surface area contributed by atoms with Crippen LogP contribution in [0, 0.1) is 0 Å². The number of rotatable bonds is 3. The average Bonchev–Trinajstić information content (AvgIpc) is 1.84. The number of allylic oxidation sites excluding steroid dienone is 1. The van der Waals surface area contributed by atoms with Crippen LogP contribution >= 0.6 is 15.9 Å². The molecule has 0 aliphatic heterocycles. The second kappa shape index (κ2) is 3.45. The van der Waals surface area contributed by atoms with Crippen LogP contribution in [0.25, 0.3) is 0 Å². The summed E-state index contributed by atoms with van der Waals surface area (Å²) in [5.41, 5.74) is 0.102. The van der Waals surface area contributed by atoms with E-state index in [4.69, 9.17) is 5.11 Å². The molecule has 1 N–H and O–H groups in total. The molecule has 0 saturated carbocycles. The summed E-state index contributed by atoms with van der Waals surface area (Å²) >= 11 is 3.04. The Morgan fingerprint density at radius 3 is 2.33 bits per heavy atom. The van der Waals surface area contributed by atoms with E-state index in [1.807, 2.05) is 0 Å². The summed E-state index contributed by atoms with van der Waals surface area (Å²) in [7, 11) is 0. The van der Waals surface area contributed by atoms with Gasteiger partial charge in [-0.1, -0.05) is 28.6 Å². The third-order valence-corrected chi connectivity index (χ3v) is 1.74. The van der Waals surface area contributed by atoms with Crippen LogP contribution in [-0.2, 0) is 4.79 Å². The number of carboxylic acids is 1. The van der Waals surface area contributed by atoms with Crippen molar-refractivity contribution in [2.45, 2.75) is 4.83 Å². The predicted molar refractivity (Wildman–Crippen MR) is 39.7 cm³/mol. The molecule has 0 aliphatic carbocycles. The number of hydrogen-bond acceptors (Lipinski definition) is 1. The van der Waals surface area contributed by atoms with Crippen molar-refractivity contribution < 1.29 is 9.90 Å². The molecule has 0 radical (unpaired) electrons. The molecule has 3 heteroatoms. The maximum absolute atomic E-state index is 10.1. The Balaban J connectivity index is 4.03. The Morgan fingerprint density at radius 1 is 1.78 bits per heavy atom.